The fourth-order valence-electron chi connectivity index (χ4n) is 2.47. The van der Waals surface area contributed by atoms with Crippen LogP contribution >= 0.6 is 35.3 Å². The number of aliphatic imine (C=N–C) groups is 1. The van der Waals surface area contributed by atoms with Gasteiger partial charge in [-0.05, 0) is 25.0 Å². The zero-order valence-corrected chi connectivity index (χ0v) is 21.7. The van der Waals surface area contributed by atoms with Crippen LogP contribution in [0, 0.1) is 0 Å². The Balaban J connectivity index is 0.00000784. The van der Waals surface area contributed by atoms with Crippen molar-refractivity contribution in [2.24, 2.45) is 4.99 Å². The van der Waals surface area contributed by atoms with Crippen molar-refractivity contribution in [2.45, 2.75) is 30.9 Å². The molecule has 0 atom stereocenters. The SMILES string of the molecule is CCN(CC)S(=O)(=O)c1ccc(CCNC(=NC)NCCCOCCOC)s1.I. The molecule has 11 heteroatoms. The monoisotopic (exact) mass is 562 g/mol. The molecular formula is C18H35IN4O4S2. The van der Waals surface area contributed by atoms with E-state index in [1.54, 1.807) is 20.2 Å². The third-order valence-electron chi connectivity index (χ3n) is 4.01. The van der Waals surface area contributed by atoms with Crippen LogP contribution in [0.5, 0.6) is 0 Å². The third kappa shape index (κ3) is 10.4. The first kappa shape index (κ1) is 28.5. The van der Waals surface area contributed by atoms with E-state index in [4.69, 9.17) is 9.47 Å². The summed E-state index contributed by atoms with van der Waals surface area (Å²) in [6.45, 7) is 7.99. The van der Waals surface area contributed by atoms with E-state index in [0.29, 0.717) is 43.7 Å². The molecule has 0 saturated heterocycles. The second kappa shape index (κ2) is 16.3. The van der Waals surface area contributed by atoms with E-state index in [1.807, 2.05) is 19.9 Å². The molecule has 0 aromatic carbocycles. The Labute approximate surface area is 196 Å². The number of nitrogens with one attached hydrogen (secondary N) is 2. The van der Waals surface area contributed by atoms with Crippen molar-refractivity contribution in [3.8, 4) is 0 Å². The first-order valence-corrected chi connectivity index (χ1v) is 11.8. The molecule has 8 nitrogen and oxygen atoms in total. The van der Waals surface area contributed by atoms with Crippen LogP contribution in [0.1, 0.15) is 25.1 Å². The van der Waals surface area contributed by atoms with Crippen molar-refractivity contribution in [1.29, 1.82) is 0 Å². The number of nitrogens with zero attached hydrogens (tertiary/aromatic N) is 2. The summed E-state index contributed by atoms with van der Waals surface area (Å²) in [5.41, 5.74) is 0. The Morgan fingerprint density at radius 1 is 1.14 bits per heavy atom. The molecule has 0 unspecified atom stereocenters. The van der Waals surface area contributed by atoms with E-state index >= 15 is 0 Å². The number of methoxy groups -OCH3 is 1. The van der Waals surface area contributed by atoms with Crippen LogP contribution in [0.2, 0.25) is 0 Å². The summed E-state index contributed by atoms with van der Waals surface area (Å²) in [4.78, 5) is 5.22. The highest BCUT2D eigenvalue weighted by atomic mass is 127. The van der Waals surface area contributed by atoms with Crippen molar-refractivity contribution >= 4 is 51.3 Å². The second-order valence-corrected chi connectivity index (χ2v) is 9.28. The molecule has 1 heterocycles. The second-order valence-electron chi connectivity index (χ2n) is 5.94. The molecule has 0 aliphatic heterocycles. The van der Waals surface area contributed by atoms with Gasteiger partial charge in [0.15, 0.2) is 5.96 Å². The minimum atomic E-state index is -3.37. The molecule has 0 spiro atoms. The first-order valence-electron chi connectivity index (χ1n) is 9.59. The van der Waals surface area contributed by atoms with Gasteiger partial charge in [0.05, 0.1) is 13.2 Å². The molecule has 0 bridgehead atoms. The summed E-state index contributed by atoms with van der Waals surface area (Å²) in [7, 11) is 0.00656. The van der Waals surface area contributed by atoms with E-state index in [9.17, 15) is 8.42 Å². The maximum absolute atomic E-state index is 12.5. The number of halogens is 1. The van der Waals surface area contributed by atoms with Crippen molar-refractivity contribution in [3.63, 3.8) is 0 Å². The third-order valence-corrected chi connectivity index (χ3v) is 7.68. The molecule has 29 heavy (non-hydrogen) atoms. The molecule has 0 aliphatic carbocycles. The van der Waals surface area contributed by atoms with Gasteiger partial charge in [-0.2, -0.15) is 4.31 Å². The van der Waals surface area contributed by atoms with Gasteiger partial charge < -0.3 is 20.1 Å². The molecule has 0 radical (unpaired) electrons. The van der Waals surface area contributed by atoms with Crippen molar-refractivity contribution in [1.82, 2.24) is 14.9 Å². The van der Waals surface area contributed by atoms with Gasteiger partial charge in [0.25, 0.3) is 10.0 Å². The lowest BCUT2D eigenvalue weighted by Crippen LogP contribution is -2.38. The topological polar surface area (TPSA) is 92.3 Å². The minimum Gasteiger partial charge on any atom is -0.382 e. The van der Waals surface area contributed by atoms with Crippen LogP contribution in [0.3, 0.4) is 0 Å². The average Bonchev–Trinajstić information content (AvgIpc) is 3.16. The van der Waals surface area contributed by atoms with Crippen molar-refractivity contribution < 1.29 is 17.9 Å². The number of thiophene rings is 1. The van der Waals surface area contributed by atoms with Crippen LogP contribution in [0.25, 0.3) is 0 Å². The zero-order chi connectivity index (χ0) is 20.8. The zero-order valence-electron chi connectivity index (χ0n) is 17.8. The van der Waals surface area contributed by atoms with Gasteiger partial charge >= 0.3 is 0 Å². The number of hydrogen-bond acceptors (Lipinski definition) is 6. The molecule has 0 amide bonds. The van der Waals surface area contributed by atoms with Gasteiger partial charge in [-0.1, -0.05) is 13.8 Å². The lowest BCUT2D eigenvalue weighted by Gasteiger charge is -2.16. The van der Waals surface area contributed by atoms with Crippen molar-refractivity contribution in [2.75, 3.05) is 60.2 Å². The normalized spacial score (nSPS) is 12.1. The molecule has 0 saturated carbocycles. The summed E-state index contributed by atoms with van der Waals surface area (Å²) >= 11 is 1.33. The molecule has 1 rings (SSSR count). The lowest BCUT2D eigenvalue weighted by atomic mass is 10.3. The maximum Gasteiger partial charge on any atom is 0.252 e. The molecule has 1 aromatic rings. The molecule has 0 fully saturated rings. The number of rotatable bonds is 14. The van der Waals surface area contributed by atoms with E-state index in [0.717, 1.165) is 30.2 Å². The van der Waals surface area contributed by atoms with Gasteiger partial charge in [0.2, 0.25) is 0 Å². The summed E-state index contributed by atoms with van der Waals surface area (Å²) in [5, 5.41) is 6.48. The quantitative estimate of drug-likeness (QED) is 0.156. The number of hydrogen-bond donors (Lipinski definition) is 2. The number of guanidine groups is 1. The molecule has 0 aliphatic rings. The van der Waals surface area contributed by atoms with E-state index in [1.165, 1.54) is 15.6 Å². The van der Waals surface area contributed by atoms with Gasteiger partial charge in [-0.3, -0.25) is 4.99 Å². The predicted octanol–water partition coefficient (Wildman–Crippen LogP) is 2.16. The minimum absolute atomic E-state index is 0. The average molecular weight is 563 g/mol. The van der Waals surface area contributed by atoms with Gasteiger partial charge in [-0.25, -0.2) is 8.42 Å². The number of sulfonamides is 1. The van der Waals surface area contributed by atoms with E-state index < -0.39 is 10.0 Å². The summed E-state index contributed by atoms with van der Waals surface area (Å²) < 4.78 is 37.3. The smallest absolute Gasteiger partial charge is 0.252 e. The Morgan fingerprint density at radius 3 is 2.45 bits per heavy atom. The Kier molecular flexibility index (Phi) is 16.0. The summed E-state index contributed by atoms with van der Waals surface area (Å²) in [6, 6.07) is 3.58. The Morgan fingerprint density at radius 2 is 1.83 bits per heavy atom. The predicted molar refractivity (Wildman–Crippen MR) is 130 cm³/mol. The van der Waals surface area contributed by atoms with E-state index in [-0.39, 0.29) is 24.0 Å². The summed E-state index contributed by atoms with van der Waals surface area (Å²) in [5.74, 6) is 0.726. The van der Waals surface area contributed by atoms with Crippen LogP contribution < -0.4 is 10.6 Å². The Bertz CT molecular complexity index is 679. The summed E-state index contributed by atoms with van der Waals surface area (Å²) in [6.07, 6.45) is 1.61. The number of ether oxygens (including phenoxy) is 2. The highest BCUT2D eigenvalue weighted by Crippen LogP contribution is 2.25. The lowest BCUT2D eigenvalue weighted by molar-refractivity contribution is 0.0698. The van der Waals surface area contributed by atoms with E-state index in [2.05, 4.69) is 15.6 Å². The van der Waals surface area contributed by atoms with Crippen LogP contribution in [0.4, 0.5) is 0 Å². The fourth-order valence-corrected chi connectivity index (χ4v) is 5.44. The fraction of sp³-hybridized carbons (Fsp3) is 0.722. The van der Waals surface area contributed by atoms with Gasteiger partial charge in [0, 0.05) is 51.8 Å². The van der Waals surface area contributed by atoms with Gasteiger partial charge in [-0.15, -0.1) is 35.3 Å². The molecular weight excluding hydrogens is 527 g/mol. The standard InChI is InChI=1S/C18H34N4O4S2.HI/c1-5-22(6-2)28(23,24)17-9-8-16(27-17)10-12-21-18(19-3)20-11-7-13-26-15-14-25-4;/h8-9H,5-7,10-15H2,1-4H3,(H2,19,20,21);1H. The van der Waals surface area contributed by atoms with Crippen LogP contribution in [-0.2, 0) is 25.9 Å². The molecule has 1 aromatic heterocycles. The molecule has 2 N–H and O–H groups in total. The largest absolute Gasteiger partial charge is 0.382 e. The highest BCUT2D eigenvalue weighted by molar-refractivity contribution is 14.0. The highest BCUT2D eigenvalue weighted by Gasteiger charge is 2.23. The first-order chi connectivity index (χ1) is 13.5. The van der Waals surface area contributed by atoms with Crippen LogP contribution in [-0.4, -0.2) is 78.8 Å². The van der Waals surface area contributed by atoms with Crippen LogP contribution in [0.15, 0.2) is 21.3 Å². The molecule has 170 valence electrons. The Hall–Kier alpha value is -0.470. The van der Waals surface area contributed by atoms with Gasteiger partial charge in [0.1, 0.15) is 4.21 Å². The van der Waals surface area contributed by atoms with Crippen molar-refractivity contribution in [3.05, 3.63) is 17.0 Å². The maximum atomic E-state index is 12.5.